The van der Waals surface area contributed by atoms with E-state index in [0.29, 0.717) is 36.8 Å². The van der Waals surface area contributed by atoms with Crippen LogP contribution in [0.2, 0.25) is 0 Å². The minimum Gasteiger partial charge on any atom is -0.492 e. The van der Waals surface area contributed by atoms with Crippen molar-refractivity contribution >= 4 is 11.9 Å². The highest BCUT2D eigenvalue weighted by Gasteiger charge is 2.22. The fourth-order valence-corrected chi connectivity index (χ4v) is 3.92. The molecular weight excluding hydrogens is 420 g/mol. The van der Waals surface area contributed by atoms with Crippen molar-refractivity contribution in [3.05, 3.63) is 77.2 Å². The molecule has 2 aromatic carbocycles. The van der Waals surface area contributed by atoms with E-state index in [1.165, 1.54) is 18.4 Å². The molecule has 1 saturated carbocycles. The summed E-state index contributed by atoms with van der Waals surface area (Å²) in [5.41, 5.74) is 4.56. The van der Waals surface area contributed by atoms with Crippen LogP contribution in [0, 0.1) is 17.2 Å². The second-order valence-corrected chi connectivity index (χ2v) is 8.70. The zero-order chi connectivity index (χ0) is 22.2. The van der Waals surface area contributed by atoms with Gasteiger partial charge < -0.3 is 9.84 Å². The molecule has 1 aromatic heterocycles. The van der Waals surface area contributed by atoms with Crippen LogP contribution in [0.4, 0.5) is 0 Å². The highest BCUT2D eigenvalue weighted by molar-refractivity contribution is 7.96. The Morgan fingerprint density at radius 2 is 1.94 bits per heavy atom. The van der Waals surface area contributed by atoms with Gasteiger partial charge in [0, 0.05) is 30.5 Å². The van der Waals surface area contributed by atoms with Crippen LogP contribution < -0.4 is 9.46 Å². The molecule has 0 atom stereocenters. The van der Waals surface area contributed by atoms with Gasteiger partial charge in [-0.25, -0.2) is 9.97 Å². The van der Waals surface area contributed by atoms with Crippen molar-refractivity contribution in [2.24, 2.45) is 5.92 Å². The first-order chi connectivity index (χ1) is 15.7. The number of rotatable bonds is 11. The molecule has 0 spiro atoms. The molecule has 3 aromatic rings. The number of hydrogen-bond donors (Lipinski definition) is 2. The number of aromatic nitrogens is 2. The lowest BCUT2D eigenvalue weighted by Gasteiger charge is -2.09. The molecule has 1 aliphatic carbocycles. The first-order valence-corrected chi connectivity index (χ1v) is 11.8. The quantitative estimate of drug-likeness (QED) is 0.338. The SMILES string of the molecule is N#Cc1cc(-c2ccnc(Cc3ccc(CSNCCO)cc3)n2)ccc1OCC1CC1. The zero-order valence-corrected chi connectivity index (χ0v) is 18.6. The smallest absolute Gasteiger partial charge is 0.137 e. The van der Waals surface area contributed by atoms with E-state index in [4.69, 9.17) is 14.8 Å². The van der Waals surface area contributed by atoms with Crippen LogP contribution in [0.25, 0.3) is 11.3 Å². The number of benzene rings is 2. The Balaban J connectivity index is 1.41. The molecular formula is C25H26N4O2S. The molecule has 32 heavy (non-hydrogen) atoms. The summed E-state index contributed by atoms with van der Waals surface area (Å²) in [6, 6.07) is 18.2. The predicted octanol–water partition coefficient (Wildman–Crippen LogP) is 4.12. The van der Waals surface area contributed by atoms with Crippen LogP contribution in [0.15, 0.2) is 54.7 Å². The van der Waals surface area contributed by atoms with Gasteiger partial charge in [0.15, 0.2) is 0 Å². The third kappa shape index (κ3) is 6.30. The lowest BCUT2D eigenvalue weighted by molar-refractivity contribution is 0.299. The van der Waals surface area contributed by atoms with Crippen molar-refractivity contribution in [2.75, 3.05) is 19.8 Å². The average Bonchev–Trinajstić information content (AvgIpc) is 3.66. The number of ether oxygens (including phenoxy) is 1. The molecule has 164 valence electrons. The molecule has 7 heteroatoms. The molecule has 0 unspecified atom stereocenters. The highest BCUT2D eigenvalue weighted by atomic mass is 32.2. The second kappa shape index (κ2) is 11.1. The van der Waals surface area contributed by atoms with Crippen molar-refractivity contribution in [3.63, 3.8) is 0 Å². The van der Waals surface area contributed by atoms with Crippen LogP contribution in [-0.4, -0.2) is 34.8 Å². The number of nitrogens with one attached hydrogen (secondary N) is 1. The Morgan fingerprint density at radius 1 is 1.12 bits per heavy atom. The van der Waals surface area contributed by atoms with E-state index in [2.05, 4.69) is 40.0 Å². The second-order valence-electron chi connectivity index (χ2n) is 7.84. The Kier molecular flexibility index (Phi) is 7.73. The number of aliphatic hydroxyl groups excluding tert-OH is 1. The standard InChI is InChI=1S/C25H26N4O2S/c26-15-22-14-21(7-8-24(22)31-16-19-3-4-19)23-9-10-27-25(29-23)13-18-1-5-20(6-2-18)17-32-28-11-12-30/h1-2,5-10,14,19,28,30H,3-4,11-13,16-17H2. The Morgan fingerprint density at radius 3 is 2.69 bits per heavy atom. The average molecular weight is 447 g/mol. The summed E-state index contributed by atoms with van der Waals surface area (Å²) in [6.07, 6.45) is 4.83. The molecule has 1 fully saturated rings. The monoisotopic (exact) mass is 446 g/mol. The molecule has 0 bridgehead atoms. The molecule has 0 saturated heterocycles. The largest absolute Gasteiger partial charge is 0.492 e. The van der Waals surface area contributed by atoms with E-state index in [1.54, 1.807) is 18.1 Å². The molecule has 4 rings (SSSR count). The molecule has 6 nitrogen and oxygen atoms in total. The van der Waals surface area contributed by atoms with Crippen LogP contribution in [0.5, 0.6) is 5.75 Å². The van der Waals surface area contributed by atoms with E-state index in [9.17, 15) is 5.26 Å². The summed E-state index contributed by atoms with van der Waals surface area (Å²) in [7, 11) is 0. The van der Waals surface area contributed by atoms with Crippen molar-refractivity contribution in [1.82, 2.24) is 14.7 Å². The summed E-state index contributed by atoms with van der Waals surface area (Å²) in [5.74, 6) is 2.86. The normalized spacial score (nSPS) is 13.0. The number of nitriles is 1. The third-order valence-corrected chi connectivity index (χ3v) is 6.10. The van der Waals surface area contributed by atoms with Gasteiger partial charge >= 0.3 is 0 Å². The van der Waals surface area contributed by atoms with Gasteiger partial charge in [-0.05, 0) is 54.2 Å². The van der Waals surface area contributed by atoms with Gasteiger partial charge in [0.1, 0.15) is 17.6 Å². The Bertz CT molecular complexity index is 1080. The summed E-state index contributed by atoms with van der Waals surface area (Å²) >= 11 is 1.59. The Hall–Kier alpha value is -2.92. The summed E-state index contributed by atoms with van der Waals surface area (Å²) in [6.45, 7) is 1.41. The van der Waals surface area contributed by atoms with Crippen molar-refractivity contribution < 1.29 is 9.84 Å². The van der Waals surface area contributed by atoms with E-state index >= 15 is 0 Å². The maximum atomic E-state index is 9.54. The summed E-state index contributed by atoms with van der Waals surface area (Å²) < 4.78 is 8.92. The zero-order valence-electron chi connectivity index (χ0n) is 17.8. The number of nitrogens with zero attached hydrogens (tertiary/aromatic N) is 3. The highest BCUT2D eigenvalue weighted by Crippen LogP contribution is 2.31. The van der Waals surface area contributed by atoms with Crippen molar-refractivity contribution in [2.45, 2.75) is 25.0 Å². The minimum atomic E-state index is 0.140. The van der Waals surface area contributed by atoms with Gasteiger partial charge in [0.05, 0.1) is 24.5 Å². The van der Waals surface area contributed by atoms with Gasteiger partial charge in [-0.2, -0.15) is 5.26 Å². The van der Waals surface area contributed by atoms with Gasteiger partial charge in [-0.1, -0.05) is 36.2 Å². The first-order valence-electron chi connectivity index (χ1n) is 10.8. The lowest BCUT2D eigenvalue weighted by Crippen LogP contribution is -2.09. The molecule has 1 heterocycles. The third-order valence-electron chi connectivity index (χ3n) is 5.21. The fraction of sp³-hybridized carbons (Fsp3) is 0.320. The fourth-order valence-electron chi connectivity index (χ4n) is 3.23. The van der Waals surface area contributed by atoms with E-state index in [-0.39, 0.29) is 6.61 Å². The maximum absolute atomic E-state index is 9.54. The minimum absolute atomic E-state index is 0.140. The van der Waals surface area contributed by atoms with Crippen LogP contribution >= 0.6 is 11.9 Å². The predicted molar refractivity (Wildman–Crippen MR) is 126 cm³/mol. The van der Waals surface area contributed by atoms with E-state index in [1.807, 2.05) is 24.3 Å². The van der Waals surface area contributed by atoms with Gasteiger partial charge in [0.2, 0.25) is 0 Å². The summed E-state index contributed by atoms with van der Waals surface area (Å²) in [4.78, 5) is 9.15. The number of aliphatic hydroxyl groups is 1. The molecule has 0 aliphatic heterocycles. The van der Waals surface area contributed by atoms with Crippen LogP contribution in [-0.2, 0) is 12.2 Å². The molecule has 0 radical (unpaired) electrons. The van der Waals surface area contributed by atoms with Gasteiger partial charge in [-0.15, -0.1) is 0 Å². The lowest BCUT2D eigenvalue weighted by atomic mass is 10.1. The van der Waals surface area contributed by atoms with Gasteiger partial charge in [0.25, 0.3) is 0 Å². The van der Waals surface area contributed by atoms with Crippen molar-refractivity contribution in [3.8, 4) is 23.1 Å². The van der Waals surface area contributed by atoms with E-state index in [0.717, 1.165) is 28.4 Å². The molecule has 1 aliphatic rings. The first kappa shape index (κ1) is 22.3. The maximum Gasteiger partial charge on any atom is 0.137 e. The van der Waals surface area contributed by atoms with Gasteiger partial charge in [-0.3, -0.25) is 4.72 Å². The molecule has 0 amide bonds. The topological polar surface area (TPSA) is 91.1 Å². The van der Waals surface area contributed by atoms with Crippen LogP contribution in [0.3, 0.4) is 0 Å². The molecule has 2 N–H and O–H groups in total. The van der Waals surface area contributed by atoms with Crippen molar-refractivity contribution in [1.29, 1.82) is 5.26 Å². The van der Waals surface area contributed by atoms with Crippen LogP contribution in [0.1, 0.15) is 35.4 Å². The summed E-state index contributed by atoms with van der Waals surface area (Å²) in [5, 5.41) is 18.3. The Labute approximate surface area is 192 Å². The van der Waals surface area contributed by atoms with E-state index < -0.39 is 0 Å². The number of hydrogen-bond acceptors (Lipinski definition) is 7.